The van der Waals surface area contributed by atoms with Crippen LogP contribution in [0.15, 0.2) is 0 Å². The molecule has 0 aliphatic carbocycles. The molecular weight excluding hydrogens is 521 g/mol. The van der Waals surface area contributed by atoms with Crippen LogP contribution in [-0.4, -0.2) is 70.7 Å². The summed E-state index contributed by atoms with van der Waals surface area (Å²) in [5.74, 6) is 0. The van der Waals surface area contributed by atoms with Crippen LogP contribution in [0.3, 0.4) is 0 Å². The third kappa shape index (κ3) is 7.08. The lowest BCUT2D eigenvalue weighted by Crippen LogP contribution is -2.71. The van der Waals surface area contributed by atoms with Crippen molar-refractivity contribution in [1.82, 2.24) is 0 Å². The fourth-order valence-corrected chi connectivity index (χ4v) is 30.6. The van der Waals surface area contributed by atoms with Crippen LogP contribution in [0.2, 0.25) is 42.3 Å². The number of fused-ring (bicyclic) bond motifs is 2. The van der Waals surface area contributed by atoms with Crippen LogP contribution in [0, 0.1) is 0 Å². The zero-order valence-electron chi connectivity index (χ0n) is 20.1. The van der Waals surface area contributed by atoms with E-state index in [1.807, 2.05) is 20.8 Å². The molecular formula is C15H38O9Si7. The van der Waals surface area contributed by atoms with Gasteiger partial charge in [-0.2, -0.15) is 0 Å². The molecule has 0 aromatic rings. The van der Waals surface area contributed by atoms with Gasteiger partial charge in [-0.15, -0.1) is 0 Å². The first-order chi connectivity index (χ1) is 14.8. The maximum absolute atomic E-state index is 6.86. The molecule has 2 saturated heterocycles. The monoisotopic (exact) mass is 558 g/mol. The van der Waals surface area contributed by atoms with Gasteiger partial charge in [0.25, 0.3) is 0 Å². The predicted molar refractivity (Wildman–Crippen MR) is 129 cm³/mol. The van der Waals surface area contributed by atoms with Gasteiger partial charge in [0.15, 0.2) is 0 Å². The molecule has 0 aromatic carbocycles. The molecule has 3 unspecified atom stereocenters. The van der Waals surface area contributed by atoms with Gasteiger partial charge in [0.2, 0.25) is 0 Å². The smallest absolute Gasteiger partial charge is 0.414 e. The van der Waals surface area contributed by atoms with Gasteiger partial charge in [0.1, 0.15) is 0 Å². The molecule has 3 atom stereocenters. The molecule has 31 heavy (non-hydrogen) atoms. The van der Waals surface area contributed by atoms with Crippen LogP contribution in [0.4, 0.5) is 0 Å². The molecule has 2 aliphatic heterocycles. The van der Waals surface area contributed by atoms with Crippen molar-refractivity contribution < 1.29 is 37.3 Å². The van der Waals surface area contributed by atoms with Gasteiger partial charge in [-0.25, -0.2) is 0 Å². The summed E-state index contributed by atoms with van der Waals surface area (Å²) in [5.41, 5.74) is 0. The minimum absolute atomic E-state index is 0.574. The summed E-state index contributed by atoms with van der Waals surface area (Å²) in [7, 11) is -14.3. The Kier molecular flexibility index (Phi) is 11.7. The van der Waals surface area contributed by atoms with E-state index in [4.69, 9.17) is 37.3 Å². The van der Waals surface area contributed by atoms with Gasteiger partial charge in [-0.05, 0) is 24.2 Å². The fraction of sp³-hybridized carbons (Fsp3) is 1.00. The maximum atomic E-state index is 6.86. The minimum atomic E-state index is -3.27. The Balaban J connectivity index is 2.59. The number of rotatable bonds is 8. The molecule has 0 amide bonds. The van der Waals surface area contributed by atoms with E-state index < -0.39 is 63.5 Å². The fourth-order valence-electron chi connectivity index (χ4n) is 3.03. The summed E-state index contributed by atoms with van der Waals surface area (Å²) in [6.07, 6.45) is 0. The van der Waals surface area contributed by atoms with Crippen molar-refractivity contribution in [2.45, 2.75) is 90.8 Å². The predicted octanol–water partition coefficient (Wildman–Crippen LogP) is 3.70. The summed E-state index contributed by atoms with van der Waals surface area (Å²) in [5, 5.41) is 0. The Hall–Kier alpha value is 1.16. The van der Waals surface area contributed by atoms with Crippen molar-refractivity contribution in [3.63, 3.8) is 0 Å². The van der Waals surface area contributed by atoms with E-state index in [9.17, 15) is 0 Å². The van der Waals surface area contributed by atoms with Gasteiger partial charge in [0, 0.05) is 25.2 Å². The van der Waals surface area contributed by atoms with Crippen LogP contribution in [-0.2, 0) is 37.3 Å². The zero-order chi connectivity index (χ0) is 23.1. The first-order valence-corrected chi connectivity index (χ1v) is 23.2. The average Bonchev–Trinajstić information content (AvgIpc) is 2.79. The molecule has 2 rings (SSSR count). The van der Waals surface area contributed by atoms with Crippen molar-refractivity contribution in [2.75, 3.05) is 7.11 Å². The topological polar surface area (TPSA) is 83.1 Å². The number of hydrogen-bond acceptors (Lipinski definition) is 9. The highest BCUT2D eigenvalue weighted by atomic mass is 28.6. The SMILES string of the molecule is CC[Si]1O[Si](CC)O[Si]2(CC)O[Si](CC)O[Si](CC)(OC)O[Si](CC)(O[Si](CC)O1)O2. The quantitative estimate of drug-likeness (QED) is 0.414. The molecule has 0 saturated carbocycles. The molecule has 2 aliphatic rings. The first-order valence-electron chi connectivity index (χ1n) is 11.3. The van der Waals surface area contributed by atoms with Gasteiger partial charge in [-0.1, -0.05) is 48.5 Å². The summed E-state index contributed by atoms with van der Waals surface area (Å²) in [6.45, 7) is 14.4. The Morgan fingerprint density at radius 1 is 0.548 bits per heavy atom. The van der Waals surface area contributed by atoms with Gasteiger partial charge >= 0.3 is 63.5 Å². The summed E-state index contributed by atoms with van der Waals surface area (Å²) in [6, 6.07) is 4.91. The molecule has 2 fully saturated rings. The Morgan fingerprint density at radius 3 is 1.45 bits per heavy atom. The largest absolute Gasteiger partial charge is 0.484 e. The lowest BCUT2D eigenvalue weighted by Gasteiger charge is -2.48. The summed E-state index contributed by atoms with van der Waals surface area (Å²) in [4.78, 5) is 0. The highest BCUT2D eigenvalue weighted by molar-refractivity contribution is 6.90. The average molecular weight is 559 g/mol. The van der Waals surface area contributed by atoms with Crippen LogP contribution in [0.1, 0.15) is 48.5 Å². The van der Waals surface area contributed by atoms with E-state index >= 15 is 0 Å². The van der Waals surface area contributed by atoms with E-state index in [1.165, 1.54) is 0 Å². The molecule has 0 aromatic heterocycles. The van der Waals surface area contributed by atoms with Crippen molar-refractivity contribution in [1.29, 1.82) is 0 Å². The zero-order valence-corrected chi connectivity index (χ0v) is 27.1. The third-order valence-corrected chi connectivity index (χ3v) is 27.7. The molecule has 16 heteroatoms. The molecule has 0 spiro atoms. The summed E-state index contributed by atoms with van der Waals surface area (Å²) >= 11 is 0. The van der Waals surface area contributed by atoms with Crippen LogP contribution >= 0.6 is 0 Å². The van der Waals surface area contributed by atoms with Crippen LogP contribution in [0.5, 0.6) is 0 Å². The first kappa shape index (κ1) is 28.4. The highest BCUT2D eigenvalue weighted by Crippen LogP contribution is 2.36. The molecule has 4 radical (unpaired) electrons. The van der Waals surface area contributed by atoms with Crippen LogP contribution < -0.4 is 0 Å². The van der Waals surface area contributed by atoms with Gasteiger partial charge in [-0.3, -0.25) is 0 Å². The van der Waals surface area contributed by atoms with Gasteiger partial charge in [0.05, 0.1) is 0 Å². The van der Waals surface area contributed by atoms with Crippen molar-refractivity contribution in [3.05, 3.63) is 0 Å². The lowest BCUT2D eigenvalue weighted by molar-refractivity contribution is 0.0886. The molecule has 180 valence electrons. The van der Waals surface area contributed by atoms with Crippen molar-refractivity contribution in [2.24, 2.45) is 0 Å². The molecule has 2 heterocycles. The molecule has 2 bridgehead atoms. The normalized spacial score (nSPS) is 35.6. The van der Waals surface area contributed by atoms with Crippen LogP contribution in [0.25, 0.3) is 0 Å². The van der Waals surface area contributed by atoms with Crippen molar-refractivity contribution >= 4 is 63.5 Å². The van der Waals surface area contributed by atoms with Gasteiger partial charge < -0.3 is 37.3 Å². The van der Waals surface area contributed by atoms with E-state index in [1.54, 1.807) is 7.11 Å². The van der Waals surface area contributed by atoms with E-state index in [0.29, 0.717) is 18.1 Å². The Labute approximate surface area is 198 Å². The van der Waals surface area contributed by atoms with E-state index in [-0.39, 0.29) is 0 Å². The Bertz CT molecular complexity index is 549. The standard InChI is InChI=1S/C15H38O9Si7/c1-9-25-17-26(10-2)19-30(14-6)22-28(12-4)21-29(13-5,16-8)23-31(15-7,24-30)20-27(11-3)18-25/h9-15H2,1-8H3. The maximum Gasteiger partial charge on any atom is 0.484 e. The second-order valence-corrected chi connectivity index (χ2v) is 26.0. The highest BCUT2D eigenvalue weighted by Gasteiger charge is 2.63. The summed E-state index contributed by atoms with van der Waals surface area (Å²) < 4.78 is 58.8. The lowest BCUT2D eigenvalue weighted by atomic mass is 11.0. The van der Waals surface area contributed by atoms with E-state index in [2.05, 4.69) is 27.7 Å². The van der Waals surface area contributed by atoms with Crippen molar-refractivity contribution in [3.8, 4) is 0 Å². The number of hydrogen-bond donors (Lipinski definition) is 0. The second kappa shape index (κ2) is 12.7. The Morgan fingerprint density at radius 2 is 1.03 bits per heavy atom. The van der Waals surface area contributed by atoms with E-state index in [0.717, 1.165) is 24.2 Å². The minimum Gasteiger partial charge on any atom is -0.414 e. The molecule has 0 N–H and O–H groups in total. The third-order valence-electron chi connectivity index (χ3n) is 4.92. The second-order valence-electron chi connectivity index (χ2n) is 7.03. The molecule has 9 nitrogen and oxygen atoms in total.